The van der Waals surface area contributed by atoms with Gasteiger partial charge in [0.2, 0.25) is 5.91 Å². The van der Waals surface area contributed by atoms with Crippen molar-refractivity contribution in [3.8, 4) is 0 Å². The van der Waals surface area contributed by atoms with E-state index in [4.69, 9.17) is 11.6 Å². The van der Waals surface area contributed by atoms with Crippen LogP contribution in [0.4, 0.5) is 10.1 Å². The zero-order valence-electron chi connectivity index (χ0n) is 18.0. The van der Waals surface area contributed by atoms with Gasteiger partial charge in [0.15, 0.2) is 5.78 Å². The highest BCUT2D eigenvalue weighted by Crippen LogP contribution is 2.25. The summed E-state index contributed by atoms with van der Waals surface area (Å²) in [5.41, 5.74) is 1.30. The van der Waals surface area contributed by atoms with Crippen LogP contribution in [0.2, 0.25) is 5.02 Å². The number of ketones is 1. The van der Waals surface area contributed by atoms with Crippen molar-refractivity contribution in [2.45, 2.75) is 24.8 Å². The molecule has 33 heavy (non-hydrogen) atoms. The number of Topliss-reactive ketones (excluding diaryl/α,β-unsaturated/α-hetero) is 1. The Labute approximate surface area is 197 Å². The second kappa shape index (κ2) is 10.1. The van der Waals surface area contributed by atoms with Gasteiger partial charge in [-0.3, -0.25) is 13.9 Å². The monoisotopic (exact) mass is 488 g/mol. The van der Waals surface area contributed by atoms with Crippen LogP contribution in [0.25, 0.3) is 0 Å². The van der Waals surface area contributed by atoms with E-state index in [2.05, 4.69) is 5.32 Å². The van der Waals surface area contributed by atoms with Crippen LogP contribution in [0, 0.1) is 5.82 Å². The number of carbonyl (C=O) groups is 2. The molecule has 0 saturated carbocycles. The maximum Gasteiger partial charge on any atom is 0.264 e. The molecule has 6 nitrogen and oxygen atoms in total. The number of amides is 1. The van der Waals surface area contributed by atoms with Gasteiger partial charge in [-0.2, -0.15) is 0 Å². The summed E-state index contributed by atoms with van der Waals surface area (Å²) in [6.45, 7) is 2.61. The Morgan fingerprint density at radius 2 is 1.55 bits per heavy atom. The SMILES string of the molecule is CC(=O)c1ccc(N(CC(=O)N[C@@H](C)c2ccc(F)cc2)S(=O)(=O)c2ccc(Cl)cc2)cc1. The van der Waals surface area contributed by atoms with E-state index in [0.29, 0.717) is 16.1 Å². The summed E-state index contributed by atoms with van der Waals surface area (Å²) < 4.78 is 40.9. The van der Waals surface area contributed by atoms with Gasteiger partial charge in [-0.1, -0.05) is 23.7 Å². The van der Waals surface area contributed by atoms with Crippen molar-refractivity contribution < 1.29 is 22.4 Å². The fourth-order valence-electron chi connectivity index (χ4n) is 3.16. The maximum atomic E-state index is 13.4. The van der Waals surface area contributed by atoms with E-state index in [1.54, 1.807) is 19.1 Å². The summed E-state index contributed by atoms with van der Waals surface area (Å²) >= 11 is 5.89. The summed E-state index contributed by atoms with van der Waals surface area (Å²) in [5.74, 6) is -1.12. The Bertz CT molecular complexity index is 1250. The van der Waals surface area contributed by atoms with Crippen LogP contribution in [0.3, 0.4) is 0 Å². The molecule has 0 aliphatic heterocycles. The number of sulfonamides is 1. The summed E-state index contributed by atoms with van der Waals surface area (Å²) in [5, 5.41) is 3.11. The highest BCUT2D eigenvalue weighted by molar-refractivity contribution is 7.92. The minimum absolute atomic E-state index is 0.0399. The molecule has 0 spiro atoms. The maximum absolute atomic E-state index is 13.4. The lowest BCUT2D eigenvalue weighted by molar-refractivity contribution is -0.120. The van der Waals surface area contributed by atoms with E-state index >= 15 is 0 Å². The molecule has 1 atom stereocenters. The van der Waals surface area contributed by atoms with E-state index in [9.17, 15) is 22.4 Å². The van der Waals surface area contributed by atoms with E-state index in [1.165, 1.54) is 67.6 Å². The number of carbonyl (C=O) groups excluding carboxylic acids is 2. The lowest BCUT2D eigenvalue weighted by Crippen LogP contribution is -2.41. The van der Waals surface area contributed by atoms with Gasteiger partial charge in [0.1, 0.15) is 12.4 Å². The Morgan fingerprint density at radius 1 is 0.970 bits per heavy atom. The first kappa shape index (κ1) is 24.4. The van der Waals surface area contributed by atoms with Crippen LogP contribution in [0.1, 0.15) is 35.8 Å². The molecular weight excluding hydrogens is 467 g/mol. The smallest absolute Gasteiger partial charge is 0.264 e. The molecule has 172 valence electrons. The number of nitrogens with zero attached hydrogens (tertiary/aromatic N) is 1. The second-order valence-electron chi connectivity index (χ2n) is 7.41. The van der Waals surface area contributed by atoms with Crippen LogP contribution in [0.15, 0.2) is 77.7 Å². The van der Waals surface area contributed by atoms with Gasteiger partial charge in [-0.15, -0.1) is 0 Å². The van der Waals surface area contributed by atoms with Crippen molar-refractivity contribution in [2.75, 3.05) is 10.8 Å². The first-order chi connectivity index (χ1) is 15.6. The van der Waals surface area contributed by atoms with E-state index < -0.39 is 34.3 Å². The third-order valence-corrected chi connectivity index (χ3v) is 7.04. The molecular formula is C24H22ClFN2O4S. The minimum atomic E-state index is -4.13. The van der Waals surface area contributed by atoms with Crippen LogP contribution in [0.5, 0.6) is 0 Å². The topological polar surface area (TPSA) is 83.6 Å². The van der Waals surface area contributed by atoms with E-state index in [-0.39, 0.29) is 16.4 Å². The van der Waals surface area contributed by atoms with Gasteiger partial charge in [-0.05, 0) is 80.1 Å². The molecule has 3 aromatic rings. The van der Waals surface area contributed by atoms with Crippen LogP contribution in [-0.4, -0.2) is 26.7 Å². The number of halogens is 2. The standard InChI is InChI=1S/C24H22ClFN2O4S/c1-16(18-3-9-21(26)10-4-18)27-24(30)15-28(22-11-5-19(6-12-22)17(2)29)33(31,32)23-13-7-20(25)8-14-23/h3-14,16H,15H2,1-2H3,(H,27,30)/t16-/m0/s1. The first-order valence-corrected chi connectivity index (χ1v) is 11.8. The van der Waals surface area contributed by atoms with Gasteiger partial charge in [-0.25, -0.2) is 12.8 Å². The third kappa shape index (κ3) is 5.97. The molecule has 0 unspecified atom stereocenters. The highest BCUT2D eigenvalue weighted by Gasteiger charge is 2.28. The largest absolute Gasteiger partial charge is 0.348 e. The lowest BCUT2D eigenvalue weighted by Gasteiger charge is -2.25. The van der Waals surface area contributed by atoms with Gasteiger partial charge in [0.25, 0.3) is 10.0 Å². The molecule has 3 rings (SSSR count). The predicted octanol–water partition coefficient (Wildman–Crippen LogP) is 4.75. The fourth-order valence-corrected chi connectivity index (χ4v) is 4.71. The third-order valence-electron chi connectivity index (χ3n) is 5.00. The molecule has 9 heteroatoms. The number of hydrogen-bond donors (Lipinski definition) is 1. The van der Waals surface area contributed by atoms with E-state index in [0.717, 1.165) is 4.31 Å². The van der Waals surface area contributed by atoms with Crippen LogP contribution < -0.4 is 9.62 Å². The van der Waals surface area contributed by atoms with E-state index in [1.807, 2.05) is 0 Å². The molecule has 0 aromatic heterocycles. The number of rotatable bonds is 8. The van der Waals surface area contributed by atoms with Crippen molar-refractivity contribution in [1.29, 1.82) is 0 Å². The predicted molar refractivity (Wildman–Crippen MR) is 125 cm³/mol. The number of benzene rings is 3. The zero-order valence-corrected chi connectivity index (χ0v) is 19.5. The molecule has 0 aliphatic rings. The van der Waals surface area contributed by atoms with Crippen molar-refractivity contribution in [1.82, 2.24) is 5.32 Å². The molecule has 0 radical (unpaired) electrons. The summed E-state index contributed by atoms with van der Waals surface area (Å²) in [4.78, 5) is 24.4. The molecule has 0 aliphatic carbocycles. The average Bonchev–Trinajstić information content (AvgIpc) is 2.78. The fraction of sp³-hybridized carbons (Fsp3) is 0.167. The first-order valence-electron chi connectivity index (χ1n) is 10.0. The van der Waals surface area contributed by atoms with Crippen LogP contribution >= 0.6 is 11.6 Å². The second-order valence-corrected chi connectivity index (χ2v) is 9.71. The normalized spacial score (nSPS) is 12.1. The molecule has 0 bridgehead atoms. The van der Waals surface area contributed by atoms with Crippen LogP contribution in [-0.2, 0) is 14.8 Å². The molecule has 3 aromatic carbocycles. The number of nitrogens with one attached hydrogen (secondary N) is 1. The van der Waals surface area contributed by atoms with Gasteiger partial charge >= 0.3 is 0 Å². The highest BCUT2D eigenvalue weighted by atomic mass is 35.5. The lowest BCUT2D eigenvalue weighted by atomic mass is 10.1. The van der Waals surface area contributed by atoms with Crippen molar-refractivity contribution in [2.24, 2.45) is 0 Å². The molecule has 0 saturated heterocycles. The summed E-state index contributed by atoms with van der Waals surface area (Å²) in [7, 11) is -4.13. The molecule has 0 heterocycles. The number of anilines is 1. The van der Waals surface area contributed by atoms with Gasteiger partial charge in [0, 0.05) is 10.6 Å². The number of hydrogen-bond acceptors (Lipinski definition) is 4. The molecule has 1 amide bonds. The summed E-state index contributed by atoms with van der Waals surface area (Å²) in [6.07, 6.45) is 0. The zero-order chi connectivity index (χ0) is 24.2. The quantitative estimate of drug-likeness (QED) is 0.463. The molecule has 1 N–H and O–H groups in total. The Morgan fingerprint density at radius 3 is 2.09 bits per heavy atom. The Kier molecular flexibility index (Phi) is 7.50. The van der Waals surface area contributed by atoms with Gasteiger partial charge in [0.05, 0.1) is 16.6 Å². The van der Waals surface area contributed by atoms with Crippen molar-refractivity contribution in [3.63, 3.8) is 0 Å². The Hall–Kier alpha value is -3.23. The minimum Gasteiger partial charge on any atom is -0.348 e. The average molecular weight is 489 g/mol. The molecule has 0 fully saturated rings. The van der Waals surface area contributed by atoms with Crippen molar-refractivity contribution in [3.05, 3.63) is 94.8 Å². The van der Waals surface area contributed by atoms with Crippen molar-refractivity contribution >= 4 is 39.0 Å². The van der Waals surface area contributed by atoms with Gasteiger partial charge < -0.3 is 5.32 Å². The summed E-state index contributed by atoms with van der Waals surface area (Å²) in [6, 6.07) is 16.7. The Balaban J connectivity index is 1.90.